The van der Waals surface area contributed by atoms with Gasteiger partial charge in [-0.25, -0.2) is 4.98 Å². The molecule has 0 fully saturated rings. The van der Waals surface area contributed by atoms with Crippen LogP contribution in [0.15, 0.2) is 73.1 Å². The highest BCUT2D eigenvalue weighted by Crippen LogP contribution is 2.43. The highest BCUT2D eigenvalue weighted by atomic mass is 16.5. The maximum Gasteiger partial charge on any atom is 0.203 e. The van der Waals surface area contributed by atoms with Crippen molar-refractivity contribution in [2.45, 2.75) is 6.54 Å². The Bertz CT molecular complexity index is 1160. The van der Waals surface area contributed by atoms with Crippen LogP contribution in [0.2, 0.25) is 0 Å². The van der Waals surface area contributed by atoms with Crippen LogP contribution >= 0.6 is 0 Å². The van der Waals surface area contributed by atoms with Crippen molar-refractivity contribution in [2.75, 3.05) is 28.4 Å². The van der Waals surface area contributed by atoms with Gasteiger partial charge in [-0.1, -0.05) is 30.3 Å². The van der Waals surface area contributed by atoms with Crippen LogP contribution in [0.5, 0.6) is 23.0 Å². The van der Waals surface area contributed by atoms with Gasteiger partial charge in [-0.05, 0) is 42.0 Å². The zero-order chi connectivity index (χ0) is 22.5. The number of hydrogen-bond donors (Lipinski definition) is 0. The third kappa shape index (κ3) is 4.12. The van der Waals surface area contributed by atoms with Crippen molar-refractivity contribution < 1.29 is 18.9 Å². The fourth-order valence-corrected chi connectivity index (χ4v) is 3.76. The van der Waals surface area contributed by atoms with E-state index in [-0.39, 0.29) is 0 Å². The second-order valence-corrected chi connectivity index (χ2v) is 7.20. The number of benzene rings is 3. The molecule has 4 rings (SSSR count). The minimum absolute atomic E-state index is 0.555. The minimum atomic E-state index is 0.555. The van der Waals surface area contributed by atoms with E-state index in [0.717, 1.165) is 28.3 Å². The highest BCUT2D eigenvalue weighted by Gasteiger charge is 2.20. The van der Waals surface area contributed by atoms with Crippen molar-refractivity contribution in [3.05, 3.63) is 78.6 Å². The van der Waals surface area contributed by atoms with Crippen LogP contribution in [0, 0.1) is 0 Å². The van der Waals surface area contributed by atoms with Gasteiger partial charge in [0, 0.05) is 17.7 Å². The summed E-state index contributed by atoms with van der Waals surface area (Å²) in [6.45, 7) is 0.677. The van der Waals surface area contributed by atoms with Crippen LogP contribution in [0.3, 0.4) is 0 Å². The zero-order valence-electron chi connectivity index (χ0n) is 18.7. The molecule has 164 valence electrons. The Hall–Kier alpha value is -3.93. The van der Waals surface area contributed by atoms with Crippen LogP contribution in [-0.2, 0) is 6.54 Å². The van der Waals surface area contributed by atoms with E-state index in [2.05, 4.69) is 16.7 Å². The Labute approximate surface area is 188 Å². The molecule has 0 aliphatic carbocycles. The smallest absolute Gasteiger partial charge is 0.203 e. The molecule has 0 bridgehead atoms. The molecule has 0 aliphatic heterocycles. The normalized spacial score (nSPS) is 10.6. The Balaban J connectivity index is 1.90. The molecule has 0 amide bonds. The van der Waals surface area contributed by atoms with Gasteiger partial charge in [0.1, 0.15) is 5.75 Å². The molecule has 6 heteroatoms. The first-order valence-electron chi connectivity index (χ1n) is 10.2. The molecule has 32 heavy (non-hydrogen) atoms. The van der Waals surface area contributed by atoms with Crippen molar-refractivity contribution in [3.63, 3.8) is 0 Å². The van der Waals surface area contributed by atoms with E-state index < -0.39 is 0 Å². The molecule has 0 atom stereocenters. The predicted molar refractivity (Wildman–Crippen MR) is 125 cm³/mol. The summed E-state index contributed by atoms with van der Waals surface area (Å²) in [7, 11) is 6.49. The second-order valence-electron chi connectivity index (χ2n) is 7.20. The van der Waals surface area contributed by atoms with Crippen LogP contribution in [-0.4, -0.2) is 38.0 Å². The van der Waals surface area contributed by atoms with E-state index in [1.165, 1.54) is 5.56 Å². The van der Waals surface area contributed by atoms with Crippen molar-refractivity contribution in [1.82, 2.24) is 9.55 Å². The molecule has 1 heterocycles. The molecule has 4 aromatic rings. The Morgan fingerprint density at radius 2 is 1.38 bits per heavy atom. The number of aromatic nitrogens is 2. The summed E-state index contributed by atoms with van der Waals surface area (Å²) in [5.41, 5.74) is 4.90. The molecule has 0 radical (unpaired) electrons. The zero-order valence-corrected chi connectivity index (χ0v) is 18.7. The molecule has 0 saturated heterocycles. The molecule has 0 spiro atoms. The molecular weight excluding hydrogens is 404 g/mol. The molecule has 6 nitrogen and oxygen atoms in total. The first-order valence-corrected chi connectivity index (χ1v) is 10.2. The van der Waals surface area contributed by atoms with E-state index >= 15 is 0 Å². The van der Waals surface area contributed by atoms with Gasteiger partial charge in [-0.15, -0.1) is 0 Å². The molecular formula is C26H26N2O4. The van der Waals surface area contributed by atoms with Crippen LogP contribution in [0.25, 0.3) is 22.5 Å². The number of nitrogens with zero attached hydrogens (tertiary/aromatic N) is 2. The standard InChI is InChI=1S/C26H26N2O4/c1-29-21-12-10-19(11-13-21)24-25(28(17-27-24)16-18-8-6-5-7-9-18)20-14-22(30-2)26(32-4)23(15-20)31-3/h5-15,17H,16H2,1-4H3. The van der Waals surface area contributed by atoms with Gasteiger partial charge in [0.15, 0.2) is 11.5 Å². The van der Waals surface area contributed by atoms with Crippen molar-refractivity contribution in [3.8, 4) is 45.5 Å². The maximum absolute atomic E-state index is 5.60. The highest BCUT2D eigenvalue weighted by molar-refractivity contribution is 5.81. The average Bonchev–Trinajstić information content (AvgIpc) is 3.27. The molecule has 0 aliphatic rings. The third-order valence-electron chi connectivity index (χ3n) is 5.34. The average molecular weight is 431 g/mol. The van der Waals surface area contributed by atoms with Gasteiger partial charge in [0.2, 0.25) is 5.75 Å². The number of methoxy groups -OCH3 is 4. The maximum atomic E-state index is 5.60. The number of rotatable bonds is 8. The van der Waals surface area contributed by atoms with Gasteiger partial charge >= 0.3 is 0 Å². The molecule has 1 aromatic heterocycles. The topological polar surface area (TPSA) is 54.7 Å². The lowest BCUT2D eigenvalue weighted by Gasteiger charge is -2.16. The first-order chi connectivity index (χ1) is 15.7. The molecule has 3 aromatic carbocycles. The van der Waals surface area contributed by atoms with Crippen LogP contribution < -0.4 is 18.9 Å². The summed E-state index contributed by atoms with van der Waals surface area (Å²) in [5.74, 6) is 2.54. The summed E-state index contributed by atoms with van der Waals surface area (Å²) in [6, 6.07) is 22.1. The second kappa shape index (κ2) is 9.47. The van der Waals surface area contributed by atoms with Crippen molar-refractivity contribution >= 4 is 0 Å². The summed E-state index contributed by atoms with van der Waals surface area (Å²) in [5, 5.41) is 0. The molecule has 0 N–H and O–H groups in total. The monoisotopic (exact) mass is 430 g/mol. The summed E-state index contributed by atoms with van der Waals surface area (Å²) in [6.07, 6.45) is 1.87. The quantitative estimate of drug-likeness (QED) is 0.380. The third-order valence-corrected chi connectivity index (χ3v) is 5.34. The number of imidazole rings is 1. The van der Waals surface area contributed by atoms with Gasteiger partial charge in [0.05, 0.1) is 46.2 Å². The van der Waals surface area contributed by atoms with E-state index in [1.54, 1.807) is 28.4 Å². The van der Waals surface area contributed by atoms with Crippen molar-refractivity contribution in [1.29, 1.82) is 0 Å². The van der Waals surface area contributed by atoms with E-state index in [1.807, 2.05) is 60.9 Å². The fourth-order valence-electron chi connectivity index (χ4n) is 3.76. The minimum Gasteiger partial charge on any atom is -0.497 e. The lowest BCUT2D eigenvalue weighted by molar-refractivity contribution is 0.324. The summed E-state index contributed by atoms with van der Waals surface area (Å²) >= 11 is 0. The van der Waals surface area contributed by atoms with E-state index in [9.17, 15) is 0 Å². The van der Waals surface area contributed by atoms with E-state index in [4.69, 9.17) is 23.9 Å². The molecule has 0 saturated carbocycles. The fraction of sp³-hybridized carbons (Fsp3) is 0.192. The van der Waals surface area contributed by atoms with Gasteiger partial charge in [-0.2, -0.15) is 0 Å². The summed E-state index contributed by atoms with van der Waals surface area (Å²) < 4.78 is 24.2. The Morgan fingerprint density at radius 3 is 1.94 bits per heavy atom. The van der Waals surface area contributed by atoms with E-state index in [0.29, 0.717) is 23.8 Å². The summed E-state index contributed by atoms with van der Waals surface area (Å²) in [4.78, 5) is 4.78. The first kappa shape index (κ1) is 21.3. The Kier molecular flexibility index (Phi) is 6.31. The van der Waals surface area contributed by atoms with Crippen LogP contribution in [0.4, 0.5) is 0 Å². The largest absolute Gasteiger partial charge is 0.497 e. The van der Waals surface area contributed by atoms with Crippen LogP contribution in [0.1, 0.15) is 5.56 Å². The predicted octanol–water partition coefficient (Wildman–Crippen LogP) is 5.30. The van der Waals surface area contributed by atoms with Gasteiger partial charge in [-0.3, -0.25) is 0 Å². The van der Waals surface area contributed by atoms with Crippen molar-refractivity contribution in [2.24, 2.45) is 0 Å². The molecule has 0 unspecified atom stereocenters. The van der Waals surface area contributed by atoms with Gasteiger partial charge in [0.25, 0.3) is 0 Å². The van der Waals surface area contributed by atoms with Gasteiger partial charge < -0.3 is 23.5 Å². The number of hydrogen-bond acceptors (Lipinski definition) is 5. The lowest BCUT2D eigenvalue weighted by atomic mass is 10.0. The lowest BCUT2D eigenvalue weighted by Crippen LogP contribution is -2.02. The number of ether oxygens (including phenoxy) is 4. The SMILES string of the molecule is COc1ccc(-c2ncn(Cc3ccccc3)c2-c2cc(OC)c(OC)c(OC)c2)cc1. The Morgan fingerprint density at radius 1 is 0.719 bits per heavy atom.